The van der Waals surface area contributed by atoms with Crippen molar-refractivity contribution in [2.45, 2.75) is 26.2 Å². The van der Waals surface area contributed by atoms with Crippen LogP contribution in [-0.2, 0) is 0 Å². The van der Waals surface area contributed by atoms with Crippen molar-refractivity contribution in [3.05, 3.63) is 12.4 Å². The monoisotopic (exact) mass is 193 g/mol. The Morgan fingerprint density at radius 1 is 1.50 bits per heavy atom. The highest BCUT2D eigenvalue weighted by molar-refractivity contribution is 4.93. The third-order valence-electron chi connectivity index (χ3n) is 2.71. The molecule has 0 aliphatic carbocycles. The Kier molecular flexibility index (Phi) is 4.03. The third kappa shape index (κ3) is 3.08. The summed E-state index contributed by atoms with van der Waals surface area (Å²) in [5.41, 5.74) is 0. The summed E-state index contributed by atoms with van der Waals surface area (Å²) in [6, 6.07) is 0. The lowest BCUT2D eigenvalue weighted by molar-refractivity contribution is -0.861. The van der Waals surface area contributed by atoms with Crippen molar-refractivity contribution in [1.29, 1.82) is 0 Å². The van der Waals surface area contributed by atoms with Gasteiger partial charge < -0.3 is 4.90 Å². The molecular formula is C12H21N2+. The van der Waals surface area contributed by atoms with Crippen molar-refractivity contribution in [3.8, 4) is 12.3 Å². The first-order valence-electron chi connectivity index (χ1n) is 5.41. The lowest BCUT2D eigenvalue weighted by atomic mass is 10.2. The lowest BCUT2D eigenvalue weighted by Crippen LogP contribution is -2.41. The van der Waals surface area contributed by atoms with Crippen molar-refractivity contribution >= 4 is 0 Å². The van der Waals surface area contributed by atoms with Crippen LogP contribution in [0.4, 0.5) is 0 Å². The van der Waals surface area contributed by atoms with E-state index in [9.17, 15) is 0 Å². The Morgan fingerprint density at radius 3 is 2.93 bits per heavy atom. The highest BCUT2D eigenvalue weighted by atomic mass is 15.5. The fourth-order valence-corrected chi connectivity index (χ4v) is 1.85. The Balaban J connectivity index is 2.32. The summed E-state index contributed by atoms with van der Waals surface area (Å²) in [4.78, 5) is 2.20. The number of terminal acetylenes is 1. The molecule has 0 N–H and O–H groups in total. The van der Waals surface area contributed by atoms with Gasteiger partial charge in [0.25, 0.3) is 0 Å². The quantitative estimate of drug-likeness (QED) is 0.367. The Bertz CT molecular complexity index is 239. The molecule has 1 aliphatic heterocycles. The number of hydrogen-bond donors (Lipinski definition) is 0. The first-order valence-corrected chi connectivity index (χ1v) is 5.41. The van der Waals surface area contributed by atoms with E-state index < -0.39 is 0 Å². The summed E-state index contributed by atoms with van der Waals surface area (Å²) < 4.78 is 1.02. The minimum absolute atomic E-state index is 0.734. The van der Waals surface area contributed by atoms with E-state index >= 15 is 0 Å². The van der Waals surface area contributed by atoms with E-state index in [1.54, 1.807) is 0 Å². The number of unbranched alkanes of at least 4 members (excludes halogenated alkanes) is 2. The van der Waals surface area contributed by atoms with Gasteiger partial charge in [0.2, 0.25) is 0 Å². The minimum Gasteiger partial charge on any atom is -0.315 e. The first-order chi connectivity index (χ1) is 6.70. The van der Waals surface area contributed by atoms with E-state index in [0.717, 1.165) is 17.7 Å². The number of nitrogens with zero attached hydrogens (tertiary/aromatic N) is 2. The van der Waals surface area contributed by atoms with E-state index in [-0.39, 0.29) is 0 Å². The number of quaternary nitrogens is 1. The van der Waals surface area contributed by atoms with Crippen LogP contribution in [0.25, 0.3) is 0 Å². The standard InChI is InChI=1S/C12H21N2/c1-4-6-7-10-14(3)11-9-13(12-14)8-5-2/h2,9,11H,4,6-8,10,12H2,1,3H3/q+1. The molecule has 1 atom stereocenters. The summed E-state index contributed by atoms with van der Waals surface area (Å²) in [7, 11) is 2.27. The van der Waals surface area contributed by atoms with E-state index in [4.69, 9.17) is 6.42 Å². The Morgan fingerprint density at radius 2 is 2.29 bits per heavy atom. The van der Waals surface area contributed by atoms with Gasteiger partial charge in [-0.15, -0.1) is 6.42 Å². The Labute approximate surface area is 87.8 Å². The second kappa shape index (κ2) is 5.07. The zero-order valence-corrected chi connectivity index (χ0v) is 9.37. The highest BCUT2D eigenvalue weighted by Crippen LogP contribution is 2.16. The predicted octanol–water partition coefficient (Wildman–Crippen LogP) is 2.00. The first kappa shape index (κ1) is 11.1. The molecule has 1 heterocycles. The van der Waals surface area contributed by atoms with E-state index in [1.165, 1.54) is 25.8 Å². The average Bonchev–Trinajstić information content (AvgIpc) is 2.49. The molecule has 2 heteroatoms. The molecule has 14 heavy (non-hydrogen) atoms. The smallest absolute Gasteiger partial charge is 0.159 e. The maximum Gasteiger partial charge on any atom is 0.159 e. The van der Waals surface area contributed by atoms with Gasteiger partial charge in [-0.1, -0.05) is 19.3 Å². The average molecular weight is 193 g/mol. The molecule has 0 saturated carbocycles. The molecule has 1 aliphatic rings. The Hall–Kier alpha value is -0.940. The molecule has 0 fully saturated rings. The minimum atomic E-state index is 0.734. The van der Waals surface area contributed by atoms with Crippen LogP contribution in [0.15, 0.2) is 12.4 Å². The topological polar surface area (TPSA) is 3.24 Å². The fraction of sp³-hybridized carbons (Fsp3) is 0.667. The molecule has 0 amide bonds. The van der Waals surface area contributed by atoms with Gasteiger partial charge in [-0.25, -0.2) is 0 Å². The van der Waals surface area contributed by atoms with Gasteiger partial charge >= 0.3 is 0 Å². The van der Waals surface area contributed by atoms with Crippen molar-refractivity contribution in [3.63, 3.8) is 0 Å². The van der Waals surface area contributed by atoms with Crippen LogP contribution in [0.2, 0.25) is 0 Å². The molecule has 78 valence electrons. The predicted molar refractivity (Wildman–Crippen MR) is 60.1 cm³/mol. The van der Waals surface area contributed by atoms with Gasteiger partial charge in [0.15, 0.2) is 6.67 Å². The van der Waals surface area contributed by atoms with Crippen LogP contribution in [-0.4, -0.2) is 36.2 Å². The molecule has 0 saturated heterocycles. The molecule has 0 bridgehead atoms. The normalized spacial score (nSPS) is 25.4. The fourth-order valence-electron chi connectivity index (χ4n) is 1.85. The maximum atomic E-state index is 5.29. The van der Waals surface area contributed by atoms with Crippen LogP contribution in [0.5, 0.6) is 0 Å². The van der Waals surface area contributed by atoms with Crippen molar-refractivity contribution in [1.82, 2.24) is 4.90 Å². The van der Waals surface area contributed by atoms with Crippen LogP contribution in [0, 0.1) is 12.3 Å². The molecule has 0 aromatic heterocycles. The molecule has 0 aromatic carbocycles. The second-order valence-corrected chi connectivity index (χ2v) is 4.30. The summed E-state index contributed by atoms with van der Waals surface area (Å²) in [6.07, 6.45) is 13.6. The molecule has 0 spiro atoms. The van der Waals surface area contributed by atoms with E-state index in [2.05, 4.69) is 37.2 Å². The van der Waals surface area contributed by atoms with Gasteiger partial charge in [0, 0.05) is 0 Å². The van der Waals surface area contributed by atoms with E-state index in [1.807, 2.05) is 0 Å². The van der Waals surface area contributed by atoms with Crippen LogP contribution < -0.4 is 0 Å². The largest absolute Gasteiger partial charge is 0.315 e. The van der Waals surface area contributed by atoms with Crippen LogP contribution in [0.3, 0.4) is 0 Å². The summed E-state index contributed by atoms with van der Waals surface area (Å²) >= 11 is 0. The highest BCUT2D eigenvalue weighted by Gasteiger charge is 2.25. The summed E-state index contributed by atoms with van der Waals surface area (Å²) in [6.45, 7) is 5.24. The van der Waals surface area contributed by atoms with Gasteiger partial charge in [0.05, 0.1) is 26.3 Å². The second-order valence-electron chi connectivity index (χ2n) is 4.30. The molecule has 2 nitrogen and oxygen atoms in total. The summed E-state index contributed by atoms with van der Waals surface area (Å²) in [5.74, 6) is 2.68. The molecular weight excluding hydrogens is 172 g/mol. The molecule has 1 rings (SSSR count). The van der Waals surface area contributed by atoms with Crippen LogP contribution >= 0.6 is 0 Å². The van der Waals surface area contributed by atoms with Crippen molar-refractivity contribution in [2.75, 3.05) is 26.8 Å². The summed E-state index contributed by atoms with van der Waals surface area (Å²) in [5, 5.41) is 0. The molecule has 1 unspecified atom stereocenters. The van der Waals surface area contributed by atoms with Gasteiger partial charge in [0.1, 0.15) is 6.20 Å². The van der Waals surface area contributed by atoms with Gasteiger partial charge in [-0.3, -0.25) is 4.48 Å². The van der Waals surface area contributed by atoms with Crippen molar-refractivity contribution in [2.24, 2.45) is 0 Å². The molecule has 0 radical (unpaired) electrons. The van der Waals surface area contributed by atoms with Crippen LogP contribution in [0.1, 0.15) is 26.2 Å². The van der Waals surface area contributed by atoms with Gasteiger partial charge in [-0.2, -0.15) is 0 Å². The third-order valence-corrected chi connectivity index (χ3v) is 2.71. The molecule has 0 aromatic rings. The number of rotatable bonds is 5. The number of hydrogen-bond acceptors (Lipinski definition) is 1. The zero-order chi connectivity index (χ0) is 10.4. The van der Waals surface area contributed by atoms with Crippen molar-refractivity contribution < 1.29 is 4.48 Å². The zero-order valence-electron chi connectivity index (χ0n) is 9.37. The maximum absolute atomic E-state index is 5.29. The lowest BCUT2D eigenvalue weighted by Gasteiger charge is -2.28. The van der Waals surface area contributed by atoms with Gasteiger partial charge in [-0.05, 0) is 12.8 Å². The van der Waals surface area contributed by atoms with E-state index in [0.29, 0.717) is 0 Å². The SMILES string of the molecule is C#CCN1C=C[N+](C)(CCCCC)C1.